The van der Waals surface area contributed by atoms with E-state index in [-0.39, 0.29) is 17.0 Å². The van der Waals surface area contributed by atoms with Crippen LogP contribution >= 0.6 is 17.0 Å². The molecule has 3 heteroatoms. The minimum absolute atomic E-state index is 0. The fourth-order valence-corrected chi connectivity index (χ4v) is 1.45. The predicted octanol–water partition coefficient (Wildman–Crippen LogP) is 3.83. The van der Waals surface area contributed by atoms with Crippen LogP contribution in [0.2, 0.25) is 0 Å². The number of carbonyl (C=O) groups is 1. The molecule has 0 radical (unpaired) electrons. The minimum atomic E-state index is 0. The fourth-order valence-electron chi connectivity index (χ4n) is 1.45. The molecule has 2 rings (SSSR count). The average molecular weight is 322 g/mol. The van der Waals surface area contributed by atoms with Gasteiger partial charge in [-0.1, -0.05) is 60.7 Å². The summed E-state index contributed by atoms with van der Waals surface area (Å²) in [6.45, 7) is 0.916. The summed E-state index contributed by atoms with van der Waals surface area (Å²) in [4.78, 5) is 12.4. The zero-order valence-electron chi connectivity index (χ0n) is 11.3. The molecule has 2 nitrogen and oxygen atoms in total. The topological polar surface area (TPSA) is 20.3 Å². The summed E-state index contributed by atoms with van der Waals surface area (Å²) in [5.74, 6) is 0. The fraction of sp³-hybridized carbons (Fsp3) is 0.188. The van der Waals surface area contributed by atoms with Crippen LogP contribution in [-0.2, 0) is 6.54 Å². The molecule has 0 bridgehead atoms. The Morgan fingerprint density at radius 2 is 1.32 bits per heavy atom. The average Bonchev–Trinajstić information content (AvgIpc) is 2.42. The van der Waals surface area contributed by atoms with Gasteiger partial charge in [-0.3, -0.25) is 4.79 Å². The van der Waals surface area contributed by atoms with E-state index < -0.39 is 0 Å². The lowest BCUT2D eigenvalue weighted by atomic mass is 10.1. The van der Waals surface area contributed by atoms with Crippen molar-refractivity contribution in [3.8, 4) is 0 Å². The first-order valence-corrected chi connectivity index (χ1v) is 5.91. The van der Waals surface area contributed by atoms with Gasteiger partial charge >= 0.3 is 0 Å². The SMILES string of the molecule is Br.CN(C)Cc1ccc(C=O)cc1.c1ccccc1. The Hall–Kier alpha value is -1.45. The normalized spacial score (nSPS) is 9.00. The predicted molar refractivity (Wildman–Crippen MR) is 86.0 cm³/mol. The largest absolute Gasteiger partial charge is 0.305 e. The molecule has 0 atom stereocenters. The number of aldehydes is 1. The van der Waals surface area contributed by atoms with Crippen LogP contribution in [0.1, 0.15) is 15.9 Å². The van der Waals surface area contributed by atoms with E-state index in [1.807, 2.05) is 74.8 Å². The molecule has 2 aromatic rings. The van der Waals surface area contributed by atoms with Crippen molar-refractivity contribution in [1.82, 2.24) is 4.90 Å². The minimum Gasteiger partial charge on any atom is -0.305 e. The summed E-state index contributed by atoms with van der Waals surface area (Å²) in [6.07, 6.45) is 0.861. The molecule has 2 aromatic carbocycles. The highest BCUT2D eigenvalue weighted by atomic mass is 79.9. The number of carbonyl (C=O) groups excluding carboxylic acids is 1. The highest BCUT2D eigenvalue weighted by Crippen LogP contribution is 2.03. The Bertz CT molecular complexity index is 413. The van der Waals surface area contributed by atoms with Gasteiger partial charge in [-0.25, -0.2) is 0 Å². The van der Waals surface area contributed by atoms with Crippen molar-refractivity contribution >= 4 is 23.3 Å². The summed E-state index contributed by atoms with van der Waals surface area (Å²) in [7, 11) is 4.04. The van der Waals surface area contributed by atoms with E-state index in [0.29, 0.717) is 0 Å². The van der Waals surface area contributed by atoms with Crippen LogP contribution in [0.15, 0.2) is 60.7 Å². The first-order valence-electron chi connectivity index (χ1n) is 5.91. The Morgan fingerprint density at radius 1 is 0.895 bits per heavy atom. The van der Waals surface area contributed by atoms with Crippen molar-refractivity contribution in [3.05, 3.63) is 71.8 Å². The highest BCUT2D eigenvalue weighted by Gasteiger charge is 1.94. The number of halogens is 1. The summed E-state index contributed by atoms with van der Waals surface area (Å²) in [5.41, 5.74) is 1.96. The Kier molecular flexibility index (Phi) is 9.67. The molecule has 0 saturated heterocycles. The van der Waals surface area contributed by atoms with Crippen LogP contribution < -0.4 is 0 Å². The van der Waals surface area contributed by atoms with Crippen molar-refractivity contribution in [2.24, 2.45) is 0 Å². The molecule has 0 amide bonds. The molecular weight excluding hydrogens is 302 g/mol. The van der Waals surface area contributed by atoms with Crippen LogP contribution in [-0.4, -0.2) is 25.3 Å². The third kappa shape index (κ3) is 8.30. The molecule has 0 fully saturated rings. The van der Waals surface area contributed by atoms with Crippen molar-refractivity contribution in [3.63, 3.8) is 0 Å². The number of benzene rings is 2. The van der Waals surface area contributed by atoms with Crippen LogP contribution in [0.25, 0.3) is 0 Å². The van der Waals surface area contributed by atoms with Gasteiger partial charge in [0.15, 0.2) is 0 Å². The van der Waals surface area contributed by atoms with Gasteiger partial charge in [0.2, 0.25) is 0 Å². The van der Waals surface area contributed by atoms with Crippen LogP contribution in [0.3, 0.4) is 0 Å². The third-order valence-electron chi connectivity index (χ3n) is 2.28. The van der Waals surface area contributed by atoms with Crippen molar-refractivity contribution in [1.29, 1.82) is 0 Å². The highest BCUT2D eigenvalue weighted by molar-refractivity contribution is 8.93. The zero-order valence-corrected chi connectivity index (χ0v) is 13.0. The Labute approximate surface area is 125 Å². The lowest BCUT2D eigenvalue weighted by Crippen LogP contribution is -2.10. The molecule has 0 unspecified atom stereocenters. The maximum atomic E-state index is 10.3. The van der Waals surface area contributed by atoms with Gasteiger partial charge in [0.1, 0.15) is 6.29 Å². The van der Waals surface area contributed by atoms with E-state index in [1.54, 1.807) is 0 Å². The maximum absolute atomic E-state index is 10.3. The molecule has 0 N–H and O–H groups in total. The van der Waals surface area contributed by atoms with E-state index in [4.69, 9.17) is 0 Å². The van der Waals surface area contributed by atoms with Crippen LogP contribution in [0.5, 0.6) is 0 Å². The smallest absolute Gasteiger partial charge is 0.150 e. The van der Waals surface area contributed by atoms with E-state index >= 15 is 0 Å². The Morgan fingerprint density at radius 3 is 1.63 bits per heavy atom. The van der Waals surface area contributed by atoms with Crippen molar-refractivity contribution in [2.75, 3.05) is 14.1 Å². The quantitative estimate of drug-likeness (QED) is 0.801. The molecule has 102 valence electrons. The molecule has 0 aliphatic carbocycles. The van der Waals surface area contributed by atoms with Gasteiger partial charge in [-0.2, -0.15) is 0 Å². The van der Waals surface area contributed by atoms with Crippen molar-refractivity contribution < 1.29 is 4.79 Å². The molecule has 0 saturated carbocycles. The second-order valence-electron chi connectivity index (χ2n) is 4.25. The summed E-state index contributed by atoms with van der Waals surface area (Å²) in [5, 5.41) is 0. The van der Waals surface area contributed by atoms with Gasteiger partial charge in [0.25, 0.3) is 0 Å². The first-order chi connectivity index (χ1) is 8.72. The molecule has 0 spiro atoms. The van der Waals surface area contributed by atoms with Gasteiger partial charge in [-0.15, -0.1) is 17.0 Å². The molecule has 0 aromatic heterocycles. The second kappa shape index (κ2) is 10.5. The van der Waals surface area contributed by atoms with E-state index in [1.165, 1.54) is 5.56 Å². The zero-order chi connectivity index (χ0) is 13.2. The second-order valence-corrected chi connectivity index (χ2v) is 4.25. The third-order valence-corrected chi connectivity index (χ3v) is 2.28. The number of nitrogens with zero attached hydrogens (tertiary/aromatic N) is 1. The molecule has 0 aliphatic heterocycles. The van der Waals surface area contributed by atoms with Gasteiger partial charge in [-0.05, 0) is 19.7 Å². The van der Waals surface area contributed by atoms with Crippen LogP contribution in [0, 0.1) is 0 Å². The van der Waals surface area contributed by atoms with Gasteiger partial charge in [0.05, 0.1) is 0 Å². The number of hydrogen-bond donors (Lipinski definition) is 0. The summed E-state index contributed by atoms with van der Waals surface area (Å²) < 4.78 is 0. The first kappa shape index (κ1) is 17.6. The lowest BCUT2D eigenvalue weighted by Gasteiger charge is -2.08. The summed E-state index contributed by atoms with van der Waals surface area (Å²) in [6, 6.07) is 19.6. The molecule has 0 aliphatic rings. The lowest BCUT2D eigenvalue weighted by molar-refractivity contribution is 0.112. The monoisotopic (exact) mass is 321 g/mol. The van der Waals surface area contributed by atoms with E-state index in [2.05, 4.69) is 4.90 Å². The standard InChI is InChI=1S/C10H13NO.C6H6.BrH/c1-11(2)7-9-3-5-10(8-12)6-4-9;1-2-4-6-5-3-1;/h3-6,8H,7H2,1-2H3;1-6H;1H. The molecule has 19 heavy (non-hydrogen) atoms. The number of hydrogen-bond acceptors (Lipinski definition) is 2. The van der Waals surface area contributed by atoms with Crippen molar-refractivity contribution in [2.45, 2.75) is 6.54 Å². The number of rotatable bonds is 3. The van der Waals surface area contributed by atoms with E-state index in [9.17, 15) is 4.79 Å². The van der Waals surface area contributed by atoms with Gasteiger partial charge in [0, 0.05) is 12.1 Å². The molecule has 0 heterocycles. The van der Waals surface area contributed by atoms with Gasteiger partial charge < -0.3 is 4.90 Å². The Balaban J connectivity index is 0.000000392. The molecular formula is C16H20BrNO. The summed E-state index contributed by atoms with van der Waals surface area (Å²) >= 11 is 0. The maximum Gasteiger partial charge on any atom is 0.150 e. The van der Waals surface area contributed by atoms with Crippen LogP contribution in [0.4, 0.5) is 0 Å². The van der Waals surface area contributed by atoms with E-state index in [0.717, 1.165) is 18.4 Å².